The monoisotopic (exact) mass is 327 g/mol. The second-order valence-electron chi connectivity index (χ2n) is 5.34. The quantitative estimate of drug-likeness (QED) is 0.800. The van der Waals surface area contributed by atoms with Gasteiger partial charge in [-0.2, -0.15) is 0 Å². The molecule has 4 nitrogen and oxygen atoms in total. The summed E-state index contributed by atoms with van der Waals surface area (Å²) < 4.78 is 29.0. The molecule has 1 atom stereocenters. The zero-order chi connectivity index (χ0) is 17.1. The lowest BCUT2D eigenvalue weighted by atomic mass is 10.1. The van der Waals surface area contributed by atoms with E-state index in [0.717, 1.165) is 23.8 Å². The Bertz CT molecular complexity index is 862. The van der Waals surface area contributed by atoms with Crippen LogP contribution in [-0.2, 0) is 7.05 Å². The summed E-state index contributed by atoms with van der Waals surface area (Å²) in [6.45, 7) is 0. The van der Waals surface area contributed by atoms with Gasteiger partial charge in [-0.05, 0) is 23.8 Å². The third kappa shape index (κ3) is 3.17. The highest BCUT2D eigenvalue weighted by molar-refractivity contribution is 5.94. The number of hydrogen-bond acceptors (Lipinski definition) is 2. The molecule has 0 radical (unpaired) electrons. The third-order valence-electron chi connectivity index (χ3n) is 3.70. The van der Waals surface area contributed by atoms with E-state index in [1.807, 2.05) is 30.3 Å². The maximum absolute atomic E-state index is 13.8. The van der Waals surface area contributed by atoms with E-state index >= 15 is 0 Å². The molecule has 0 saturated heterocycles. The molecule has 2 aromatic carbocycles. The van der Waals surface area contributed by atoms with Gasteiger partial charge >= 0.3 is 0 Å². The first-order valence-corrected chi connectivity index (χ1v) is 7.34. The third-order valence-corrected chi connectivity index (χ3v) is 3.70. The fraction of sp³-hybridized carbons (Fsp3) is 0.111. The molecule has 1 aromatic heterocycles. The maximum Gasteiger partial charge on any atom is 0.255 e. The van der Waals surface area contributed by atoms with E-state index < -0.39 is 23.6 Å². The van der Waals surface area contributed by atoms with Crippen LogP contribution in [0.4, 0.5) is 8.78 Å². The molecule has 0 saturated carbocycles. The Labute approximate surface area is 137 Å². The van der Waals surface area contributed by atoms with Gasteiger partial charge in [-0.25, -0.2) is 13.8 Å². The number of nitrogens with zero attached hydrogens (tertiary/aromatic N) is 2. The highest BCUT2D eigenvalue weighted by Crippen LogP contribution is 2.21. The first kappa shape index (κ1) is 15.9. The predicted octanol–water partition coefficient (Wildman–Crippen LogP) is 3.22. The number of benzene rings is 2. The molecule has 0 bridgehead atoms. The zero-order valence-corrected chi connectivity index (χ0v) is 12.9. The Morgan fingerprint density at radius 2 is 1.92 bits per heavy atom. The SMILES string of the molecule is Cn1ccnc1[C@@H](NC(=O)c1cc(F)ccc1F)c1ccccc1. The Hall–Kier alpha value is -3.02. The Morgan fingerprint density at radius 1 is 1.17 bits per heavy atom. The van der Waals surface area contributed by atoms with Gasteiger partial charge in [0.05, 0.1) is 5.56 Å². The number of rotatable bonds is 4. The van der Waals surface area contributed by atoms with Crippen molar-refractivity contribution in [2.75, 3.05) is 0 Å². The first-order valence-electron chi connectivity index (χ1n) is 7.34. The minimum absolute atomic E-state index is 0.342. The zero-order valence-electron chi connectivity index (χ0n) is 12.9. The van der Waals surface area contributed by atoms with E-state index in [1.165, 1.54) is 0 Å². The second kappa shape index (κ2) is 6.62. The molecule has 1 amide bonds. The number of aryl methyl sites for hydroxylation is 1. The van der Waals surface area contributed by atoms with Crippen LogP contribution in [0.3, 0.4) is 0 Å². The van der Waals surface area contributed by atoms with Gasteiger partial charge in [0, 0.05) is 19.4 Å². The first-order chi connectivity index (χ1) is 11.6. The number of halogens is 2. The van der Waals surface area contributed by atoms with Crippen molar-refractivity contribution in [2.24, 2.45) is 7.05 Å². The number of carbonyl (C=O) groups excluding carboxylic acids is 1. The van der Waals surface area contributed by atoms with Gasteiger partial charge in [-0.3, -0.25) is 4.79 Å². The van der Waals surface area contributed by atoms with Crippen molar-refractivity contribution in [3.8, 4) is 0 Å². The Balaban J connectivity index is 1.97. The summed E-state index contributed by atoms with van der Waals surface area (Å²) in [5, 5.41) is 2.73. The number of hydrogen-bond donors (Lipinski definition) is 1. The average molecular weight is 327 g/mol. The molecule has 1 N–H and O–H groups in total. The van der Waals surface area contributed by atoms with Gasteiger partial charge in [0.2, 0.25) is 0 Å². The fourth-order valence-corrected chi connectivity index (χ4v) is 2.48. The summed E-state index contributed by atoms with van der Waals surface area (Å²) >= 11 is 0. The van der Waals surface area contributed by atoms with Gasteiger partial charge in [-0.1, -0.05) is 30.3 Å². The van der Waals surface area contributed by atoms with Crippen molar-refractivity contribution in [1.82, 2.24) is 14.9 Å². The molecule has 3 rings (SSSR count). The van der Waals surface area contributed by atoms with Gasteiger partial charge in [-0.15, -0.1) is 0 Å². The molecule has 0 fully saturated rings. The smallest absolute Gasteiger partial charge is 0.255 e. The van der Waals surface area contributed by atoms with Crippen molar-refractivity contribution < 1.29 is 13.6 Å². The van der Waals surface area contributed by atoms with Crippen LogP contribution in [0, 0.1) is 11.6 Å². The molecule has 0 aliphatic carbocycles. The van der Waals surface area contributed by atoms with Gasteiger partial charge < -0.3 is 9.88 Å². The molecular weight excluding hydrogens is 312 g/mol. The van der Waals surface area contributed by atoms with Crippen LogP contribution in [0.1, 0.15) is 27.8 Å². The summed E-state index contributed by atoms with van der Waals surface area (Å²) in [6, 6.07) is 11.4. The lowest BCUT2D eigenvalue weighted by Gasteiger charge is -2.19. The van der Waals surface area contributed by atoms with Crippen molar-refractivity contribution in [3.05, 3.63) is 89.5 Å². The highest BCUT2D eigenvalue weighted by Gasteiger charge is 2.23. The molecule has 0 spiro atoms. The van der Waals surface area contributed by atoms with Crippen molar-refractivity contribution in [1.29, 1.82) is 0 Å². The van der Waals surface area contributed by atoms with E-state index in [0.29, 0.717) is 5.82 Å². The van der Waals surface area contributed by atoms with E-state index in [4.69, 9.17) is 0 Å². The number of nitrogens with one attached hydrogen (secondary N) is 1. The van der Waals surface area contributed by atoms with E-state index in [1.54, 1.807) is 24.0 Å². The van der Waals surface area contributed by atoms with Crippen molar-refractivity contribution >= 4 is 5.91 Å². The molecule has 6 heteroatoms. The molecule has 0 unspecified atom stereocenters. The minimum atomic E-state index is -0.777. The Morgan fingerprint density at radius 3 is 2.58 bits per heavy atom. The molecule has 0 aliphatic heterocycles. The van der Waals surface area contributed by atoms with Crippen LogP contribution in [0.5, 0.6) is 0 Å². The molecule has 122 valence electrons. The largest absolute Gasteiger partial charge is 0.338 e. The fourth-order valence-electron chi connectivity index (χ4n) is 2.48. The standard InChI is InChI=1S/C18H15F2N3O/c1-23-10-9-21-17(23)16(12-5-3-2-4-6-12)22-18(24)14-11-13(19)7-8-15(14)20/h2-11,16H,1H3,(H,22,24)/t16-/m0/s1. The molecular formula is C18H15F2N3O. The second-order valence-corrected chi connectivity index (χ2v) is 5.34. The van der Waals surface area contributed by atoms with Crippen LogP contribution in [-0.4, -0.2) is 15.5 Å². The summed E-state index contributed by atoms with van der Waals surface area (Å²) in [5.41, 5.74) is 0.446. The minimum Gasteiger partial charge on any atom is -0.338 e. The Kier molecular flexibility index (Phi) is 4.37. The summed E-state index contributed by atoms with van der Waals surface area (Å²) in [4.78, 5) is 16.7. The predicted molar refractivity (Wildman–Crippen MR) is 85.3 cm³/mol. The topological polar surface area (TPSA) is 46.9 Å². The van der Waals surface area contributed by atoms with Crippen molar-refractivity contribution in [3.63, 3.8) is 0 Å². The summed E-state index contributed by atoms with van der Waals surface area (Å²) in [7, 11) is 1.80. The maximum atomic E-state index is 13.8. The molecule has 3 aromatic rings. The van der Waals surface area contributed by atoms with E-state index in [2.05, 4.69) is 10.3 Å². The van der Waals surface area contributed by atoms with Crippen LogP contribution in [0.15, 0.2) is 60.9 Å². The number of amides is 1. The summed E-state index contributed by atoms with van der Waals surface area (Å²) in [6.07, 6.45) is 3.36. The van der Waals surface area contributed by atoms with E-state index in [9.17, 15) is 13.6 Å². The molecule has 0 aliphatic rings. The van der Waals surface area contributed by atoms with Gasteiger partial charge in [0.25, 0.3) is 5.91 Å². The lowest BCUT2D eigenvalue weighted by molar-refractivity contribution is 0.0936. The number of aromatic nitrogens is 2. The van der Waals surface area contributed by atoms with Crippen LogP contribution < -0.4 is 5.32 Å². The summed E-state index contributed by atoms with van der Waals surface area (Å²) in [5.74, 6) is -1.56. The van der Waals surface area contributed by atoms with E-state index in [-0.39, 0.29) is 5.56 Å². The van der Waals surface area contributed by atoms with Crippen LogP contribution in [0.2, 0.25) is 0 Å². The van der Waals surface area contributed by atoms with Gasteiger partial charge in [0.15, 0.2) is 0 Å². The average Bonchev–Trinajstić information content (AvgIpc) is 3.01. The van der Waals surface area contributed by atoms with Crippen molar-refractivity contribution in [2.45, 2.75) is 6.04 Å². The van der Waals surface area contributed by atoms with Crippen LogP contribution >= 0.6 is 0 Å². The van der Waals surface area contributed by atoms with Crippen LogP contribution in [0.25, 0.3) is 0 Å². The highest BCUT2D eigenvalue weighted by atomic mass is 19.1. The number of imidazole rings is 1. The number of carbonyl (C=O) groups is 1. The molecule has 1 heterocycles. The normalized spacial score (nSPS) is 12.0. The van der Waals surface area contributed by atoms with Gasteiger partial charge in [0.1, 0.15) is 23.5 Å². The molecule has 24 heavy (non-hydrogen) atoms. The lowest BCUT2D eigenvalue weighted by Crippen LogP contribution is -2.31.